The van der Waals surface area contributed by atoms with Crippen LogP contribution in [-0.2, 0) is 11.2 Å². The fourth-order valence-corrected chi connectivity index (χ4v) is 1.01. The molecular formula is C9H11NO3. The van der Waals surface area contributed by atoms with Gasteiger partial charge in [0.25, 0.3) is 0 Å². The number of phenolic OH excluding ortho intramolecular Hbond substituents is 1. The Bertz CT molecular complexity index is 323. The van der Waals surface area contributed by atoms with E-state index in [1.54, 1.807) is 12.1 Å². The lowest BCUT2D eigenvalue weighted by Gasteiger charge is -2.04. The number of carbonyl (C=O) groups excluding carboxylic acids is 1. The van der Waals surface area contributed by atoms with Gasteiger partial charge < -0.3 is 15.6 Å². The summed E-state index contributed by atoms with van der Waals surface area (Å²) in [4.78, 5) is 10.6. The van der Waals surface area contributed by atoms with Gasteiger partial charge in [0.05, 0.1) is 13.5 Å². The summed E-state index contributed by atoms with van der Waals surface area (Å²) >= 11 is 0. The number of primary amides is 1. The van der Waals surface area contributed by atoms with E-state index in [0.29, 0.717) is 11.3 Å². The molecule has 0 atom stereocenters. The Morgan fingerprint density at radius 2 is 2.31 bits per heavy atom. The van der Waals surface area contributed by atoms with E-state index in [1.807, 2.05) is 0 Å². The number of amides is 1. The van der Waals surface area contributed by atoms with Crippen LogP contribution in [0.3, 0.4) is 0 Å². The first-order valence-electron chi connectivity index (χ1n) is 3.77. The third kappa shape index (κ3) is 2.37. The quantitative estimate of drug-likeness (QED) is 0.710. The molecule has 4 nitrogen and oxygen atoms in total. The van der Waals surface area contributed by atoms with Crippen LogP contribution in [0.25, 0.3) is 0 Å². The topological polar surface area (TPSA) is 72.5 Å². The minimum Gasteiger partial charge on any atom is -0.508 e. The summed E-state index contributed by atoms with van der Waals surface area (Å²) in [7, 11) is 1.50. The largest absolute Gasteiger partial charge is 0.508 e. The summed E-state index contributed by atoms with van der Waals surface area (Å²) in [5.74, 6) is 0.101. The second-order valence-corrected chi connectivity index (χ2v) is 2.64. The van der Waals surface area contributed by atoms with Gasteiger partial charge in [-0.2, -0.15) is 0 Å². The lowest BCUT2D eigenvalue weighted by Crippen LogP contribution is -2.13. The van der Waals surface area contributed by atoms with Gasteiger partial charge in [-0.05, 0) is 6.07 Å². The number of hydrogen-bond acceptors (Lipinski definition) is 3. The average Bonchev–Trinajstić information content (AvgIpc) is 2.08. The molecule has 0 aliphatic heterocycles. The van der Waals surface area contributed by atoms with Gasteiger partial charge in [0.1, 0.15) is 11.5 Å². The zero-order valence-electron chi connectivity index (χ0n) is 7.28. The van der Waals surface area contributed by atoms with Crippen molar-refractivity contribution in [1.29, 1.82) is 0 Å². The number of ether oxygens (including phenoxy) is 1. The fourth-order valence-electron chi connectivity index (χ4n) is 1.01. The molecule has 0 fully saturated rings. The maximum Gasteiger partial charge on any atom is 0.221 e. The molecule has 0 unspecified atom stereocenters. The van der Waals surface area contributed by atoms with Gasteiger partial charge in [-0.15, -0.1) is 0 Å². The molecule has 1 aromatic rings. The smallest absolute Gasteiger partial charge is 0.221 e. The van der Waals surface area contributed by atoms with E-state index >= 15 is 0 Å². The molecule has 1 rings (SSSR count). The van der Waals surface area contributed by atoms with Crippen LogP contribution in [0, 0.1) is 0 Å². The predicted octanol–water partition coefficient (Wildman–Crippen LogP) is 0.429. The summed E-state index contributed by atoms with van der Waals surface area (Å²) in [5.41, 5.74) is 5.49. The van der Waals surface area contributed by atoms with Crippen LogP contribution < -0.4 is 10.5 Å². The highest BCUT2D eigenvalue weighted by molar-refractivity contribution is 5.77. The summed E-state index contributed by atoms with van der Waals surface area (Å²) < 4.78 is 4.88. The maximum atomic E-state index is 10.6. The first-order chi connectivity index (χ1) is 6.13. The van der Waals surface area contributed by atoms with Crippen molar-refractivity contribution in [2.45, 2.75) is 6.42 Å². The highest BCUT2D eigenvalue weighted by atomic mass is 16.5. The molecule has 1 aromatic carbocycles. The van der Waals surface area contributed by atoms with E-state index in [9.17, 15) is 9.90 Å². The standard InChI is InChI=1S/C9H11NO3/c1-13-7-3-2-6(4-9(10)12)8(11)5-7/h2-3,5,11H,4H2,1H3,(H2,10,12). The molecular weight excluding hydrogens is 170 g/mol. The molecule has 0 saturated heterocycles. The number of carbonyl (C=O) groups is 1. The summed E-state index contributed by atoms with van der Waals surface area (Å²) in [6.07, 6.45) is 0.0375. The summed E-state index contributed by atoms with van der Waals surface area (Å²) in [5, 5.41) is 9.38. The van der Waals surface area contributed by atoms with Gasteiger partial charge >= 0.3 is 0 Å². The van der Waals surface area contributed by atoms with Crippen LogP contribution in [0.4, 0.5) is 0 Å². The molecule has 0 aromatic heterocycles. The second kappa shape index (κ2) is 3.80. The van der Waals surface area contributed by atoms with Crippen LogP contribution in [0.2, 0.25) is 0 Å². The molecule has 0 radical (unpaired) electrons. The Balaban J connectivity index is 2.91. The van der Waals surface area contributed by atoms with E-state index < -0.39 is 5.91 Å². The lowest BCUT2D eigenvalue weighted by molar-refractivity contribution is -0.117. The van der Waals surface area contributed by atoms with Crippen molar-refractivity contribution < 1.29 is 14.6 Å². The second-order valence-electron chi connectivity index (χ2n) is 2.64. The number of methoxy groups -OCH3 is 1. The lowest BCUT2D eigenvalue weighted by atomic mass is 10.1. The van der Waals surface area contributed by atoms with E-state index in [-0.39, 0.29) is 12.2 Å². The zero-order valence-corrected chi connectivity index (χ0v) is 7.28. The average molecular weight is 181 g/mol. The van der Waals surface area contributed by atoms with Gasteiger partial charge in [-0.1, -0.05) is 6.07 Å². The molecule has 70 valence electrons. The third-order valence-electron chi connectivity index (χ3n) is 1.66. The van der Waals surface area contributed by atoms with Gasteiger partial charge in [-0.3, -0.25) is 4.79 Å². The zero-order chi connectivity index (χ0) is 9.84. The van der Waals surface area contributed by atoms with Crippen LogP contribution in [0.1, 0.15) is 5.56 Å². The molecule has 1 amide bonds. The van der Waals surface area contributed by atoms with Crippen molar-refractivity contribution in [2.24, 2.45) is 5.73 Å². The minimum atomic E-state index is -0.472. The fraction of sp³-hybridized carbons (Fsp3) is 0.222. The number of hydrogen-bond donors (Lipinski definition) is 2. The monoisotopic (exact) mass is 181 g/mol. The van der Waals surface area contributed by atoms with Crippen molar-refractivity contribution >= 4 is 5.91 Å². The SMILES string of the molecule is COc1ccc(CC(N)=O)c(O)c1. The summed E-state index contributed by atoms with van der Waals surface area (Å²) in [6.45, 7) is 0. The van der Waals surface area contributed by atoms with E-state index in [4.69, 9.17) is 10.5 Å². The van der Waals surface area contributed by atoms with Crippen molar-refractivity contribution in [3.05, 3.63) is 23.8 Å². The van der Waals surface area contributed by atoms with Crippen LogP contribution in [0.5, 0.6) is 11.5 Å². The summed E-state index contributed by atoms with van der Waals surface area (Å²) in [6, 6.07) is 4.72. The van der Waals surface area contributed by atoms with E-state index in [0.717, 1.165) is 0 Å². The maximum absolute atomic E-state index is 10.6. The van der Waals surface area contributed by atoms with Gasteiger partial charge in [0.2, 0.25) is 5.91 Å². The van der Waals surface area contributed by atoms with Crippen molar-refractivity contribution in [3.63, 3.8) is 0 Å². The van der Waals surface area contributed by atoms with Gasteiger partial charge in [0, 0.05) is 11.6 Å². The van der Waals surface area contributed by atoms with Gasteiger partial charge in [0.15, 0.2) is 0 Å². The first kappa shape index (κ1) is 9.38. The number of benzene rings is 1. The Morgan fingerprint density at radius 1 is 1.62 bits per heavy atom. The Morgan fingerprint density at radius 3 is 2.77 bits per heavy atom. The molecule has 0 aliphatic rings. The van der Waals surface area contributed by atoms with Crippen LogP contribution in [0.15, 0.2) is 18.2 Å². The highest BCUT2D eigenvalue weighted by Gasteiger charge is 2.05. The number of phenols is 1. The molecule has 4 heteroatoms. The third-order valence-corrected chi connectivity index (χ3v) is 1.66. The van der Waals surface area contributed by atoms with E-state index in [1.165, 1.54) is 13.2 Å². The van der Waals surface area contributed by atoms with Crippen molar-refractivity contribution in [2.75, 3.05) is 7.11 Å². The Labute approximate surface area is 75.9 Å². The minimum absolute atomic E-state index is 0.0261. The Hall–Kier alpha value is -1.71. The molecule has 0 saturated carbocycles. The van der Waals surface area contributed by atoms with Gasteiger partial charge in [-0.25, -0.2) is 0 Å². The van der Waals surface area contributed by atoms with Crippen molar-refractivity contribution in [3.8, 4) is 11.5 Å². The normalized spacial score (nSPS) is 9.62. The predicted molar refractivity (Wildman–Crippen MR) is 47.6 cm³/mol. The first-order valence-corrected chi connectivity index (χ1v) is 3.77. The van der Waals surface area contributed by atoms with Crippen LogP contribution in [-0.4, -0.2) is 18.1 Å². The van der Waals surface area contributed by atoms with Crippen LogP contribution >= 0.6 is 0 Å². The van der Waals surface area contributed by atoms with E-state index in [2.05, 4.69) is 0 Å². The molecule has 0 spiro atoms. The molecule has 3 N–H and O–H groups in total. The molecule has 0 aliphatic carbocycles. The number of aromatic hydroxyl groups is 1. The highest BCUT2D eigenvalue weighted by Crippen LogP contribution is 2.23. The molecule has 0 heterocycles. The molecule has 13 heavy (non-hydrogen) atoms. The number of nitrogens with two attached hydrogens (primary N) is 1. The Kier molecular flexibility index (Phi) is 2.74. The van der Waals surface area contributed by atoms with Crippen molar-refractivity contribution in [1.82, 2.24) is 0 Å². The molecule has 0 bridgehead atoms. The number of rotatable bonds is 3.